The summed E-state index contributed by atoms with van der Waals surface area (Å²) in [5.41, 5.74) is 0.710. The third-order valence-corrected chi connectivity index (χ3v) is 3.94. The number of carbonyl (C=O) groups excluding carboxylic acids is 1. The Morgan fingerprint density at radius 3 is 2.48 bits per heavy atom. The summed E-state index contributed by atoms with van der Waals surface area (Å²) in [6.07, 6.45) is 0.723. The summed E-state index contributed by atoms with van der Waals surface area (Å²) in [6, 6.07) is 10.2. The van der Waals surface area contributed by atoms with E-state index in [9.17, 15) is 4.79 Å². The molecule has 1 aliphatic rings. The molecule has 0 N–H and O–H groups in total. The van der Waals surface area contributed by atoms with E-state index < -0.39 is 11.2 Å². The first-order valence-corrected chi connectivity index (χ1v) is 8.20. The van der Waals surface area contributed by atoms with Gasteiger partial charge in [-0.15, -0.1) is 0 Å². The summed E-state index contributed by atoms with van der Waals surface area (Å²) in [5.74, 6) is -0.688. The van der Waals surface area contributed by atoms with Gasteiger partial charge in [0.2, 0.25) is 0 Å². The number of benzene rings is 1. The number of carbonyl (C=O) groups is 1. The van der Waals surface area contributed by atoms with E-state index in [-0.39, 0.29) is 18.0 Å². The van der Waals surface area contributed by atoms with Gasteiger partial charge in [-0.05, 0) is 46.6 Å². The van der Waals surface area contributed by atoms with Crippen LogP contribution in [0.5, 0.6) is 0 Å². The molecule has 0 radical (unpaired) electrons. The van der Waals surface area contributed by atoms with Crippen molar-refractivity contribution in [2.24, 2.45) is 11.3 Å². The highest BCUT2D eigenvalue weighted by Crippen LogP contribution is 2.29. The first kappa shape index (κ1) is 18.0. The Morgan fingerprint density at radius 1 is 1.30 bits per heavy atom. The molecule has 2 atom stereocenters. The minimum Gasteiger partial charge on any atom is -0.465 e. The van der Waals surface area contributed by atoms with Gasteiger partial charge in [-0.1, -0.05) is 30.3 Å². The zero-order valence-corrected chi connectivity index (χ0v) is 14.8. The van der Waals surface area contributed by atoms with Gasteiger partial charge in [0, 0.05) is 5.92 Å². The number of esters is 1. The number of ether oxygens (including phenoxy) is 3. The van der Waals surface area contributed by atoms with Crippen LogP contribution in [0, 0.1) is 11.3 Å². The highest BCUT2D eigenvalue weighted by molar-refractivity contribution is 5.75. The van der Waals surface area contributed by atoms with Gasteiger partial charge in [0.15, 0.2) is 5.79 Å². The molecule has 1 heterocycles. The van der Waals surface area contributed by atoms with Crippen molar-refractivity contribution in [2.45, 2.75) is 52.9 Å². The fourth-order valence-electron chi connectivity index (χ4n) is 2.56. The third-order valence-electron chi connectivity index (χ3n) is 3.94. The van der Waals surface area contributed by atoms with Crippen LogP contribution >= 0.6 is 0 Å². The summed E-state index contributed by atoms with van der Waals surface area (Å²) < 4.78 is 17.2. The van der Waals surface area contributed by atoms with Gasteiger partial charge in [0.05, 0.1) is 24.7 Å². The molecule has 0 spiro atoms. The average Bonchev–Trinajstić information content (AvgIpc) is 2.83. The first-order chi connectivity index (χ1) is 10.7. The van der Waals surface area contributed by atoms with E-state index in [0.29, 0.717) is 13.2 Å². The van der Waals surface area contributed by atoms with Gasteiger partial charge in [0.1, 0.15) is 0 Å². The molecule has 128 valence electrons. The second-order valence-electron chi connectivity index (χ2n) is 7.67. The van der Waals surface area contributed by atoms with Gasteiger partial charge in [-0.25, -0.2) is 0 Å². The SMILES string of the molecule is CC1(C)OC[C@H]([C@H](COC(=O)C(C)(C)C)Cc2ccccc2)O1. The van der Waals surface area contributed by atoms with Crippen molar-refractivity contribution in [1.29, 1.82) is 0 Å². The van der Waals surface area contributed by atoms with Crippen LogP contribution in [-0.4, -0.2) is 31.1 Å². The van der Waals surface area contributed by atoms with Crippen LogP contribution in [0.3, 0.4) is 0 Å². The smallest absolute Gasteiger partial charge is 0.311 e. The lowest BCUT2D eigenvalue weighted by molar-refractivity contribution is -0.160. The zero-order valence-electron chi connectivity index (χ0n) is 14.8. The van der Waals surface area contributed by atoms with E-state index in [4.69, 9.17) is 14.2 Å². The summed E-state index contributed by atoms with van der Waals surface area (Å²) in [4.78, 5) is 12.1. The van der Waals surface area contributed by atoms with Crippen molar-refractivity contribution in [2.75, 3.05) is 13.2 Å². The van der Waals surface area contributed by atoms with Crippen molar-refractivity contribution in [1.82, 2.24) is 0 Å². The van der Waals surface area contributed by atoms with E-state index in [1.54, 1.807) is 0 Å². The Morgan fingerprint density at radius 2 is 1.96 bits per heavy atom. The molecule has 2 rings (SSSR count). The van der Waals surface area contributed by atoms with Gasteiger partial charge in [-0.2, -0.15) is 0 Å². The van der Waals surface area contributed by atoms with Crippen molar-refractivity contribution in [3.8, 4) is 0 Å². The maximum atomic E-state index is 12.1. The molecular weight excluding hydrogens is 292 g/mol. The van der Waals surface area contributed by atoms with Gasteiger partial charge in [-0.3, -0.25) is 4.79 Å². The molecule has 0 unspecified atom stereocenters. The van der Waals surface area contributed by atoms with Crippen LogP contribution in [0.2, 0.25) is 0 Å². The lowest BCUT2D eigenvalue weighted by atomic mass is 9.94. The Hall–Kier alpha value is -1.39. The van der Waals surface area contributed by atoms with E-state index in [1.807, 2.05) is 52.8 Å². The van der Waals surface area contributed by atoms with Crippen molar-refractivity contribution in [3.63, 3.8) is 0 Å². The second kappa shape index (κ2) is 7.02. The maximum absolute atomic E-state index is 12.1. The Bertz CT molecular complexity index is 516. The van der Waals surface area contributed by atoms with Crippen molar-refractivity contribution < 1.29 is 19.0 Å². The van der Waals surface area contributed by atoms with Crippen molar-refractivity contribution in [3.05, 3.63) is 35.9 Å². The molecule has 4 heteroatoms. The van der Waals surface area contributed by atoms with Crippen LogP contribution < -0.4 is 0 Å². The standard InChI is InChI=1S/C19H28O4/c1-18(2,3)17(20)21-12-15(11-14-9-7-6-8-10-14)16-13-22-19(4,5)23-16/h6-10,15-16H,11-13H2,1-5H3/t15-,16+/m0/s1. The molecule has 1 fully saturated rings. The first-order valence-electron chi connectivity index (χ1n) is 8.20. The van der Waals surface area contributed by atoms with Crippen LogP contribution in [0.15, 0.2) is 30.3 Å². The van der Waals surface area contributed by atoms with E-state index in [1.165, 1.54) is 5.56 Å². The summed E-state index contributed by atoms with van der Waals surface area (Å²) in [7, 11) is 0. The number of hydrogen-bond donors (Lipinski definition) is 0. The molecule has 0 saturated carbocycles. The molecule has 4 nitrogen and oxygen atoms in total. The fourth-order valence-corrected chi connectivity index (χ4v) is 2.56. The summed E-state index contributed by atoms with van der Waals surface area (Å²) in [6.45, 7) is 10.3. The Kier molecular flexibility index (Phi) is 5.48. The molecule has 23 heavy (non-hydrogen) atoms. The van der Waals surface area contributed by atoms with E-state index in [0.717, 1.165) is 6.42 Å². The highest BCUT2D eigenvalue weighted by Gasteiger charge is 2.38. The van der Waals surface area contributed by atoms with Crippen LogP contribution in [-0.2, 0) is 25.4 Å². The monoisotopic (exact) mass is 320 g/mol. The topological polar surface area (TPSA) is 44.8 Å². The Labute approximate surface area is 139 Å². The summed E-state index contributed by atoms with van der Waals surface area (Å²) in [5, 5.41) is 0. The Balaban J connectivity index is 2.04. The molecule has 1 aromatic rings. The lowest BCUT2D eigenvalue weighted by Gasteiger charge is -2.26. The van der Waals surface area contributed by atoms with Crippen LogP contribution in [0.1, 0.15) is 40.2 Å². The number of rotatable bonds is 5. The minimum absolute atomic E-state index is 0.0713. The average molecular weight is 320 g/mol. The largest absolute Gasteiger partial charge is 0.465 e. The molecule has 0 aromatic heterocycles. The molecule has 0 amide bonds. The second-order valence-corrected chi connectivity index (χ2v) is 7.67. The van der Waals surface area contributed by atoms with Gasteiger partial charge < -0.3 is 14.2 Å². The van der Waals surface area contributed by atoms with E-state index >= 15 is 0 Å². The zero-order chi connectivity index (χ0) is 17.1. The predicted octanol–water partition coefficient (Wildman–Crippen LogP) is 3.59. The molecule has 0 aliphatic carbocycles. The molecule has 0 bridgehead atoms. The fraction of sp³-hybridized carbons (Fsp3) is 0.632. The highest BCUT2D eigenvalue weighted by atomic mass is 16.7. The molecule has 1 aliphatic heterocycles. The van der Waals surface area contributed by atoms with Crippen LogP contribution in [0.4, 0.5) is 0 Å². The maximum Gasteiger partial charge on any atom is 0.311 e. The number of hydrogen-bond acceptors (Lipinski definition) is 4. The predicted molar refractivity (Wildman–Crippen MR) is 89.0 cm³/mol. The summed E-state index contributed by atoms with van der Waals surface area (Å²) >= 11 is 0. The van der Waals surface area contributed by atoms with Crippen molar-refractivity contribution >= 4 is 5.97 Å². The third kappa shape index (κ3) is 5.33. The molecular formula is C19H28O4. The van der Waals surface area contributed by atoms with Gasteiger partial charge >= 0.3 is 5.97 Å². The normalized spacial score (nSPS) is 21.9. The molecule has 1 aromatic carbocycles. The molecule has 1 saturated heterocycles. The lowest BCUT2D eigenvalue weighted by Crippen LogP contribution is -2.34. The quantitative estimate of drug-likeness (QED) is 0.778. The van der Waals surface area contributed by atoms with Gasteiger partial charge in [0.25, 0.3) is 0 Å². The van der Waals surface area contributed by atoms with Crippen LogP contribution in [0.25, 0.3) is 0 Å². The van der Waals surface area contributed by atoms with E-state index in [2.05, 4.69) is 12.1 Å². The minimum atomic E-state index is -0.576.